The summed E-state index contributed by atoms with van der Waals surface area (Å²) < 4.78 is 24.5. The molecule has 1 N–H and O–H groups in total. The van der Waals surface area contributed by atoms with Gasteiger partial charge < -0.3 is 5.11 Å². The molecule has 0 radical (unpaired) electrons. The van der Waals surface area contributed by atoms with Crippen molar-refractivity contribution in [1.82, 2.24) is 4.98 Å². The van der Waals surface area contributed by atoms with Crippen LogP contribution in [-0.4, -0.2) is 16.1 Å². The van der Waals surface area contributed by atoms with Crippen LogP contribution in [0.4, 0.5) is 8.78 Å². The highest BCUT2D eigenvalue weighted by atomic mass is 19.3. The topological polar surface area (TPSA) is 50.2 Å². The van der Waals surface area contributed by atoms with Gasteiger partial charge in [-0.1, -0.05) is 0 Å². The minimum atomic E-state index is -2.86. The van der Waals surface area contributed by atoms with Crippen LogP contribution >= 0.6 is 0 Å². The SMILES string of the molecule is Cc1ccnc(C(F)F)c1C(=O)O. The third kappa shape index (κ3) is 1.80. The molecule has 0 spiro atoms. The number of nitrogens with zero attached hydrogens (tertiary/aromatic N) is 1. The van der Waals surface area contributed by atoms with Crippen LogP contribution in [0.3, 0.4) is 0 Å². The smallest absolute Gasteiger partial charge is 0.338 e. The van der Waals surface area contributed by atoms with Crippen LogP contribution in [-0.2, 0) is 0 Å². The molecule has 1 heterocycles. The maximum Gasteiger partial charge on any atom is 0.338 e. The molecule has 3 nitrogen and oxygen atoms in total. The molecule has 0 bridgehead atoms. The van der Waals surface area contributed by atoms with Crippen molar-refractivity contribution in [3.8, 4) is 0 Å². The number of aromatic carboxylic acids is 1. The second-order valence-corrected chi connectivity index (χ2v) is 2.49. The Bertz CT molecular complexity index is 339. The molecule has 0 aliphatic rings. The van der Waals surface area contributed by atoms with Gasteiger partial charge in [0.25, 0.3) is 6.43 Å². The molecule has 1 rings (SSSR count). The van der Waals surface area contributed by atoms with Crippen LogP contribution in [0.1, 0.15) is 28.0 Å². The van der Waals surface area contributed by atoms with Gasteiger partial charge in [-0.05, 0) is 18.6 Å². The highest BCUT2D eigenvalue weighted by Gasteiger charge is 2.20. The van der Waals surface area contributed by atoms with Crippen LogP contribution in [0.25, 0.3) is 0 Å². The average molecular weight is 187 g/mol. The van der Waals surface area contributed by atoms with E-state index in [1.54, 1.807) is 0 Å². The fraction of sp³-hybridized carbons (Fsp3) is 0.250. The van der Waals surface area contributed by atoms with Crippen LogP contribution in [0.15, 0.2) is 12.3 Å². The number of carboxylic acid groups (broad SMARTS) is 1. The Labute approximate surface area is 73.0 Å². The molecule has 0 amide bonds. The van der Waals surface area contributed by atoms with Gasteiger partial charge in [-0.3, -0.25) is 4.98 Å². The largest absolute Gasteiger partial charge is 0.478 e. The standard InChI is InChI=1S/C8H7F2NO2/c1-4-2-3-11-6(7(9)10)5(4)8(12)13/h2-3,7H,1H3,(H,12,13). The fourth-order valence-corrected chi connectivity index (χ4v) is 1.02. The molecule has 0 saturated heterocycles. The molecule has 70 valence electrons. The second-order valence-electron chi connectivity index (χ2n) is 2.49. The normalized spacial score (nSPS) is 10.5. The fourth-order valence-electron chi connectivity index (χ4n) is 1.02. The zero-order valence-electron chi connectivity index (χ0n) is 6.79. The van der Waals surface area contributed by atoms with Gasteiger partial charge in [0.05, 0.1) is 5.56 Å². The Kier molecular flexibility index (Phi) is 2.55. The van der Waals surface area contributed by atoms with Gasteiger partial charge in [0, 0.05) is 6.20 Å². The summed E-state index contributed by atoms with van der Waals surface area (Å²) in [5, 5.41) is 8.62. The van der Waals surface area contributed by atoms with Crippen molar-refractivity contribution in [2.24, 2.45) is 0 Å². The number of carboxylic acids is 1. The number of aryl methyl sites for hydroxylation is 1. The van der Waals surface area contributed by atoms with Gasteiger partial charge in [0.2, 0.25) is 0 Å². The summed E-state index contributed by atoms with van der Waals surface area (Å²) in [5.74, 6) is -1.37. The van der Waals surface area contributed by atoms with E-state index in [1.165, 1.54) is 19.2 Å². The van der Waals surface area contributed by atoms with Gasteiger partial charge in [0.15, 0.2) is 0 Å². The number of alkyl halides is 2. The Morgan fingerprint density at radius 1 is 1.62 bits per heavy atom. The quantitative estimate of drug-likeness (QED) is 0.770. The minimum absolute atomic E-state index is 0.290. The van der Waals surface area contributed by atoms with Gasteiger partial charge in [0.1, 0.15) is 5.69 Å². The molecule has 0 aliphatic heterocycles. The first-order valence-corrected chi connectivity index (χ1v) is 3.51. The van der Waals surface area contributed by atoms with Crippen molar-refractivity contribution in [1.29, 1.82) is 0 Å². The third-order valence-corrected chi connectivity index (χ3v) is 1.61. The molecule has 0 aromatic carbocycles. The summed E-state index contributed by atoms with van der Waals surface area (Å²) in [4.78, 5) is 13.9. The number of carbonyl (C=O) groups is 1. The van der Waals surface area contributed by atoms with E-state index in [1.807, 2.05) is 0 Å². The van der Waals surface area contributed by atoms with Crippen molar-refractivity contribution in [2.45, 2.75) is 13.3 Å². The van der Waals surface area contributed by atoms with E-state index in [0.717, 1.165) is 0 Å². The van der Waals surface area contributed by atoms with Crippen LogP contribution in [0.2, 0.25) is 0 Å². The molecular formula is C8H7F2NO2. The maximum atomic E-state index is 12.2. The molecule has 13 heavy (non-hydrogen) atoms. The first-order chi connectivity index (χ1) is 6.04. The van der Waals surface area contributed by atoms with Crippen molar-refractivity contribution in [3.63, 3.8) is 0 Å². The Hall–Kier alpha value is -1.52. The van der Waals surface area contributed by atoms with Crippen molar-refractivity contribution in [2.75, 3.05) is 0 Å². The summed E-state index contributed by atoms with van der Waals surface area (Å²) in [6.45, 7) is 1.46. The lowest BCUT2D eigenvalue weighted by atomic mass is 10.1. The van der Waals surface area contributed by atoms with E-state index < -0.39 is 23.7 Å². The highest BCUT2D eigenvalue weighted by Crippen LogP contribution is 2.22. The Balaban J connectivity index is 3.34. The lowest BCUT2D eigenvalue weighted by molar-refractivity contribution is 0.0681. The molecule has 0 saturated carbocycles. The van der Waals surface area contributed by atoms with Crippen molar-refractivity contribution >= 4 is 5.97 Å². The monoisotopic (exact) mass is 187 g/mol. The maximum absolute atomic E-state index is 12.2. The Morgan fingerprint density at radius 2 is 2.23 bits per heavy atom. The first-order valence-electron chi connectivity index (χ1n) is 3.51. The Morgan fingerprint density at radius 3 is 2.62 bits per heavy atom. The molecule has 5 heteroatoms. The number of rotatable bonds is 2. The summed E-state index contributed by atoms with van der Waals surface area (Å²) in [7, 11) is 0. The molecular weight excluding hydrogens is 180 g/mol. The number of hydrogen-bond donors (Lipinski definition) is 1. The van der Waals surface area contributed by atoms with Gasteiger partial charge in [-0.2, -0.15) is 0 Å². The molecule has 1 aromatic rings. The predicted molar refractivity (Wildman–Crippen MR) is 40.9 cm³/mol. The van der Waals surface area contributed by atoms with Crippen LogP contribution in [0, 0.1) is 6.92 Å². The zero-order chi connectivity index (χ0) is 10.0. The van der Waals surface area contributed by atoms with Crippen LogP contribution in [0.5, 0.6) is 0 Å². The minimum Gasteiger partial charge on any atom is -0.478 e. The number of halogens is 2. The molecule has 1 aromatic heterocycles. The summed E-state index contributed by atoms with van der Waals surface area (Å²) >= 11 is 0. The molecule has 0 unspecified atom stereocenters. The van der Waals surface area contributed by atoms with E-state index in [2.05, 4.69) is 4.98 Å². The molecule has 0 atom stereocenters. The number of hydrogen-bond acceptors (Lipinski definition) is 2. The van der Waals surface area contributed by atoms with E-state index in [-0.39, 0.29) is 5.56 Å². The van der Waals surface area contributed by atoms with Gasteiger partial charge in [-0.15, -0.1) is 0 Å². The zero-order valence-corrected chi connectivity index (χ0v) is 6.79. The van der Waals surface area contributed by atoms with Crippen LogP contribution < -0.4 is 0 Å². The molecule has 0 aliphatic carbocycles. The van der Waals surface area contributed by atoms with E-state index in [0.29, 0.717) is 0 Å². The van der Waals surface area contributed by atoms with Crippen molar-refractivity contribution < 1.29 is 18.7 Å². The average Bonchev–Trinajstić information content (AvgIpc) is 2.02. The van der Waals surface area contributed by atoms with Gasteiger partial charge >= 0.3 is 5.97 Å². The summed E-state index contributed by atoms with van der Waals surface area (Å²) in [5.41, 5.74) is -0.789. The predicted octanol–water partition coefficient (Wildman–Crippen LogP) is 2.03. The van der Waals surface area contributed by atoms with E-state index in [9.17, 15) is 13.6 Å². The van der Waals surface area contributed by atoms with Crippen molar-refractivity contribution in [3.05, 3.63) is 29.1 Å². The third-order valence-electron chi connectivity index (χ3n) is 1.61. The second kappa shape index (κ2) is 3.47. The summed E-state index contributed by atoms with van der Waals surface area (Å²) in [6.07, 6.45) is -1.69. The lowest BCUT2D eigenvalue weighted by Crippen LogP contribution is -2.07. The van der Waals surface area contributed by atoms with E-state index >= 15 is 0 Å². The number of aromatic nitrogens is 1. The molecule has 0 fully saturated rings. The summed E-state index contributed by atoms with van der Waals surface area (Å²) in [6, 6.07) is 1.38. The van der Waals surface area contributed by atoms with E-state index in [4.69, 9.17) is 5.11 Å². The lowest BCUT2D eigenvalue weighted by Gasteiger charge is -2.05. The number of pyridine rings is 1. The highest BCUT2D eigenvalue weighted by molar-refractivity contribution is 5.90. The van der Waals surface area contributed by atoms with Gasteiger partial charge in [-0.25, -0.2) is 13.6 Å². The first kappa shape index (κ1) is 9.57.